The molecule has 2 rings (SSSR count). The van der Waals surface area contributed by atoms with E-state index in [0.717, 1.165) is 22.2 Å². The van der Waals surface area contributed by atoms with Gasteiger partial charge in [0.1, 0.15) is 16.9 Å². The minimum absolute atomic E-state index is 0.256. The van der Waals surface area contributed by atoms with E-state index in [9.17, 15) is 0 Å². The predicted molar refractivity (Wildman–Crippen MR) is 63.5 cm³/mol. The number of ether oxygens (including phenoxy) is 1. The van der Waals surface area contributed by atoms with E-state index in [1.54, 1.807) is 0 Å². The summed E-state index contributed by atoms with van der Waals surface area (Å²) in [5, 5.41) is 1.11. The quantitative estimate of drug-likeness (QED) is 0.564. The van der Waals surface area contributed by atoms with Crippen molar-refractivity contribution in [3.05, 3.63) is 27.7 Å². The van der Waals surface area contributed by atoms with Crippen molar-refractivity contribution in [2.45, 2.75) is 12.5 Å². The van der Waals surface area contributed by atoms with E-state index in [4.69, 9.17) is 27.9 Å². The highest BCUT2D eigenvalue weighted by molar-refractivity contribution is 14.1. The van der Waals surface area contributed by atoms with Crippen LogP contribution in [-0.2, 0) is 6.42 Å². The van der Waals surface area contributed by atoms with Crippen molar-refractivity contribution < 1.29 is 4.74 Å². The Morgan fingerprint density at radius 2 is 2.23 bits per heavy atom. The largest absolute Gasteiger partial charge is 0.487 e. The number of alkyl halides is 1. The Morgan fingerprint density at radius 3 is 2.92 bits per heavy atom. The molecule has 1 aliphatic heterocycles. The van der Waals surface area contributed by atoms with Crippen LogP contribution >= 0.6 is 45.8 Å². The first-order chi connectivity index (χ1) is 6.22. The van der Waals surface area contributed by atoms with E-state index in [2.05, 4.69) is 22.6 Å². The van der Waals surface area contributed by atoms with E-state index >= 15 is 0 Å². The molecule has 1 nitrogen and oxygen atoms in total. The lowest BCUT2D eigenvalue weighted by Crippen LogP contribution is -2.13. The zero-order chi connectivity index (χ0) is 9.42. The zero-order valence-electron chi connectivity index (χ0n) is 6.69. The predicted octanol–water partition coefficient (Wildman–Crippen LogP) is 3.73. The standard InChI is InChI=1S/C9H7Cl2IO/c10-7-2-1-5-3-6(4-12)13-9(5)8(7)11/h1-2,6H,3-4H2. The lowest BCUT2D eigenvalue weighted by atomic mass is 10.1. The molecule has 1 aromatic carbocycles. The number of halogens is 3. The molecule has 0 spiro atoms. The van der Waals surface area contributed by atoms with Gasteiger partial charge in [0.05, 0.1) is 5.02 Å². The van der Waals surface area contributed by atoms with Crippen LogP contribution in [-0.4, -0.2) is 10.5 Å². The highest BCUT2D eigenvalue weighted by atomic mass is 127. The molecule has 0 saturated carbocycles. The van der Waals surface area contributed by atoms with Crippen LogP contribution in [0.2, 0.25) is 10.0 Å². The van der Waals surface area contributed by atoms with Crippen molar-refractivity contribution in [1.82, 2.24) is 0 Å². The zero-order valence-corrected chi connectivity index (χ0v) is 10.4. The number of hydrogen-bond donors (Lipinski definition) is 0. The van der Waals surface area contributed by atoms with Gasteiger partial charge in [0.2, 0.25) is 0 Å². The van der Waals surface area contributed by atoms with Crippen LogP contribution < -0.4 is 4.74 Å². The number of benzene rings is 1. The minimum Gasteiger partial charge on any atom is -0.487 e. The van der Waals surface area contributed by atoms with Crippen LogP contribution in [0.5, 0.6) is 5.75 Å². The minimum atomic E-state index is 0.256. The molecule has 0 fully saturated rings. The molecule has 70 valence electrons. The van der Waals surface area contributed by atoms with Gasteiger partial charge in [-0.15, -0.1) is 0 Å². The smallest absolute Gasteiger partial charge is 0.143 e. The number of hydrogen-bond acceptors (Lipinski definition) is 1. The summed E-state index contributed by atoms with van der Waals surface area (Å²) in [6.45, 7) is 0. The molecule has 0 amide bonds. The third-order valence-corrected chi connectivity index (χ3v) is 3.81. The van der Waals surface area contributed by atoms with E-state index in [0.29, 0.717) is 10.0 Å². The average Bonchev–Trinajstić information content (AvgIpc) is 2.55. The Morgan fingerprint density at radius 1 is 1.46 bits per heavy atom. The summed E-state index contributed by atoms with van der Waals surface area (Å²) in [6, 6.07) is 3.80. The number of rotatable bonds is 1. The third kappa shape index (κ3) is 1.76. The van der Waals surface area contributed by atoms with Gasteiger partial charge in [-0.25, -0.2) is 0 Å². The first kappa shape index (κ1) is 9.87. The monoisotopic (exact) mass is 328 g/mol. The first-order valence-corrected chi connectivity index (χ1v) is 6.20. The van der Waals surface area contributed by atoms with Gasteiger partial charge in [0.15, 0.2) is 0 Å². The normalized spacial score (nSPS) is 19.8. The Hall–Kier alpha value is 0.330. The fourth-order valence-corrected chi connectivity index (χ4v) is 2.27. The topological polar surface area (TPSA) is 9.23 Å². The van der Waals surface area contributed by atoms with E-state index < -0.39 is 0 Å². The maximum atomic E-state index is 6.00. The molecule has 4 heteroatoms. The van der Waals surface area contributed by atoms with Crippen molar-refractivity contribution in [3.63, 3.8) is 0 Å². The Bertz CT molecular complexity index is 341. The van der Waals surface area contributed by atoms with Crippen LogP contribution in [0, 0.1) is 0 Å². The Balaban J connectivity index is 2.40. The summed E-state index contributed by atoms with van der Waals surface area (Å²) in [5.74, 6) is 0.774. The van der Waals surface area contributed by atoms with Gasteiger partial charge in [0, 0.05) is 10.8 Å². The number of fused-ring (bicyclic) bond motifs is 1. The summed E-state index contributed by atoms with van der Waals surface area (Å²) in [4.78, 5) is 0. The van der Waals surface area contributed by atoms with Crippen molar-refractivity contribution in [1.29, 1.82) is 0 Å². The van der Waals surface area contributed by atoms with Crippen LogP contribution in [0.4, 0.5) is 0 Å². The lowest BCUT2D eigenvalue weighted by molar-refractivity contribution is 0.262. The van der Waals surface area contributed by atoms with Crippen LogP contribution in [0.25, 0.3) is 0 Å². The molecule has 0 aromatic heterocycles. The molecule has 13 heavy (non-hydrogen) atoms. The van der Waals surface area contributed by atoms with Crippen LogP contribution in [0.3, 0.4) is 0 Å². The molecule has 0 radical (unpaired) electrons. The molecule has 1 heterocycles. The van der Waals surface area contributed by atoms with E-state index in [1.807, 2.05) is 12.1 Å². The Kier molecular flexibility index (Phi) is 2.91. The SMILES string of the molecule is Clc1ccc2c(c1Cl)OC(CI)C2. The van der Waals surface area contributed by atoms with Gasteiger partial charge in [0.25, 0.3) is 0 Å². The van der Waals surface area contributed by atoms with Gasteiger partial charge in [-0.05, 0) is 11.6 Å². The highest BCUT2D eigenvalue weighted by Crippen LogP contribution is 2.40. The van der Waals surface area contributed by atoms with Gasteiger partial charge in [-0.3, -0.25) is 0 Å². The average molecular weight is 329 g/mol. The van der Waals surface area contributed by atoms with Crippen LogP contribution in [0.15, 0.2) is 12.1 Å². The van der Waals surface area contributed by atoms with Crippen molar-refractivity contribution in [2.24, 2.45) is 0 Å². The van der Waals surface area contributed by atoms with Gasteiger partial charge in [-0.2, -0.15) is 0 Å². The Labute approximate surface area is 101 Å². The maximum Gasteiger partial charge on any atom is 0.143 e. The highest BCUT2D eigenvalue weighted by Gasteiger charge is 2.25. The molecule has 0 bridgehead atoms. The van der Waals surface area contributed by atoms with Crippen molar-refractivity contribution in [2.75, 3.05) is 4.43 Å². The summed E-state index contributed by atoms with van der Waals surface area (Å²) in [5.41, 5.74) is 1.16. The summed E-state index contributed by atoms with van der Waals surface area (Å²) >= 11 is 14.2. The third-order valence-electron chi connectivity index (χ3n) is 2.04. The molecule has 0 N–H and O–H groups in total. The molecular weight excluding hydrogens is 322 g/mol. The second kappa shape index (κ2) is 3.83. The van der Waals surface area contributed by atoms with Gasteiger partial charge in [-0.1, -0.05) is 51.9 Å². The lowest BCUT2D eigenvalue weighted by Gasteiger charge is -2.06. The molecule has 1 aliphatic rings. The van der Waals surface area contributed by atoms with E-state index in [1.165, 1.54) is 0 Å². The maximum absolute atomic E-state index is 6.00. The molecule has 1 aromatic rings. The van der Waals surface area contributed by atoms with E-state index in [-0.39, 0.29) is 6.10 Å². The summed E-state index contributed by atoms with van der Waals surface area (Å²) < 4.78 is 6.62. The fraction of sp³-hybridized carbons (Fsp3) is 0.333. The first-order valence-electron chi connectivity index (χ1n) is 3.92. The molecule has 0 aliphatic carbocycles. The summed E-state index contributed by atoms with van der Waals surface area (Å²) in [6.07, 6.45) is 1.20. The van der Waals surface area contributed by atoms with Crippen molar-refractivity contribution in [3.8, 4) is 5.75 Å². The molecule has 0 saturated heterocycles. The second-order valence-corrected chi connectivity index (χ2v) is 4.61. The van der Waals surface area contributed by atoms with Crippen molar-refractivity contribution >= 4 is 45.8 Å². The van der Waals surface area contributed by atoms with Gasteiger partial charge >= 0.3 is 0 Å². The van der Waals surface area contributed by atoms with Gasteiger partial charge < -0.3 is 4.74 Å². The molecule has 1 unspecified atom stereocenters. The molecular formula is C9H7Cl2IO. The summed E-state index contributed by atoms with van der Waals surface area (Å²) in [7, 11) is 0. The molecule has 1 atom stereocenters. The van der Waals surface area contributed by atoms with Crippen LogP contribution in [0.1, 0.15) is 5.56 Å². The fourth-order valence-electron chi connectivity index (χ4n) is 1.40. The second-order valence-electron chi connectivity index (χ2n) is 2.95.